The number of pyridine rings is 1. The first-order valence-corrected chi connectivity index (χ1v) is 9.45. The number of aryl methyl sites for hydroxylation is 1. The van der Waals surface area contributed by atoms with Crippen molar-refractivity contribution in [2.24, 2.45) is 0 Å². The van der Waals surface area contributed by atoms with Crippen molar-refractivity contribution in [3.8, 4) is 0 Å². The van der Waals surface area contributed by atoms with Crippen molar-refractivity contribution in [2.45, 2.75) is 43.6 Å². The molecule has 142 valence electrons. The van der Waals surface area contributed by atoms with Crippen LogP contribution in [0, 0.1) is 5.82 Å². The molecule has 1 fully saturated rings. The number of aromatic nitrogens is 1. The fourth-order valence-corrected chi connectivity index (χ4v) is 4.28. The van der Waals surface area contributed by atoms with E-state index in [-0.39, 0.29) is 23.3 Å². The normalized spacial score (nSPS) is 21.3. The third-order valence-corrected chi connectivity index (χ3v) is 5.81. The molecule has 0 saturated carbocycles. The Hall–Kier alpha value is -2.47. The van der Waals surface area contributed by atoms with Crippen LogP contribution in [0.4, 0.5) is 4.39 Å². The summed E-state index contributed by atoms with van der Waals surface area (Å²) < 4.78 is 18.9. The number of hydrogen-bond acceptors (Lipinski definition) is 3. The van der Waals surface area contributed by atoms with Gasteiger partial charge in [0.05, 0.1) is 11.5 Å². The van der Waals surface area contributed by atoms with Crippen LogP contribution in [-0.2, 0) is 21.4 Å². The number of ether oxygens (including phenoxy) is 1. The zero-order chi connectivity index (χ0) is 18.9. The van der Waals surface area contributed by atoms with Gasteiger partial charge in [-0.3, -0.25) is 9.59 Å². The van der Waals surface area contributed by atoms with Gasteiger partial charge in [0, 0.05) is 25.0 Å². The molecule has 1 aliphatic carbocycles. The van der Waals surface area contributed by atoms with Crippen LogP contribution in [0.1, 0.15) is 48.5 Å². The minimum Gasteiger partial charge on any atom is -0.381 e. The molecule has 0 bridgehead atoms. The summed E-state index contributed by atoms with van der Waals surface area (Å²) in [6, 6.07) is 9.40. The maximum absolute atomic E-state index is 13.4. The molecule has 2 heterocycles. The van der Waals surface area contributed by atoms with Gasteiger partial charge in [-0.15, -0.1) is 0 Å². The summed E-state index contributed by atoms with van der Waals surface area (Å²) in [5, 5.41) is 3.21. The summed E-state index contributed by atoms with van der Waals surface area (Å²) in [6.45, 7) is 0.999. The van der Waals surface area contributed by atoms with Crippen molar-refractivity contribution in [1.82, 2.24) is 10.3 Å². The van der Waals surface area contributed by atoms with Crippen molar-refractivity contribution in [2.75, 3.05) is 13.2 Å². The summed E-state index contributed by atoms with van der Waals surface area (Å²) in [7, 11) is 0. The van der Waals surface area contributed by atoms with Crippen LogP contribution >= 0.6 is 0 Å². The molecule has 1 atom stereocenters. The van der Waals surface area contributed by atoms with E-state index in [1.54, 1.807) is 12.1 Å². The van der Waals surface area contributed by atoms with Gasteiger partial charge in [0.15, 0.2) is 0 Å². The highest BCUT2D eigenvalue weighted by molar-refractivity contribution is 5.88. The molecule has 4 rings (SSSR count). The number of hydrogen-bond donors (Lipinski definition) is 2. The number of amides is 1. The quantitative estimate of drug-likeness (QED) is 0.873. The molecular weight excluding hydrogens is 347 g/mol. The maximum Gasteiger partial charge on any atom is 0.248 e. The highest BCUT2D eigenvalue weighted by atomic mass is 19.1. The van der Waals surface area contributed by atoms with Gasteiger partial charge in [-0.1, -0.05) is 12.1 Å². The number of carbonyl (C=O) groups excluding carboxylic acids is 1. The van der Waals surface area contributed by atoms with Crippen LogP contribution in [0.2, 0.25) is 0 Å². The molecule has 27 heavy (non-hydrogen) atoms. The number of H-pyrrole nitrogens is 1. The topological polar surface area (TPSA) is 71.2 Å². The molecule has 1 aromatic carbocycles. The van der Waals surface area contributed by atoms with Crippen molar-refractivity contribution < 1.29 is 13.9 Å². The average molecular weight is 370 g/mol. The van der Waals surface area contributed by atoms with Gasteiger partial charge >= 0.3 is 0 Å². The van der Waals surface area contributed by atoms with Crippen LogP contribution in [0.25, 0.3) is 0 Å². The number of nitrogens with one attached hydrogen (secondary N) is 2. The number of rotatable bonds is 3. The summed E-state index contributed by atoms with van der Waals surface area (Å²) in [5.41, 5.74) is 1.87. The number of halogens is 1. The Labute approximate surface area is 156 Å². The Morgan fingerprint density at radius 2 is 1.89 bits per heavy atom. The first-order valence-electron chi connectivity index (χ1n) is 9.45. The molecule has 2 aromatic rings. The van der Waals surface area contributed by atoms with Gasteiger partial charge < -0.3 is 15.0 Å². The second-order valence-electron chi connectivity index (χ2n) is 7.38. The van der Waals surface area contributed by atoms with Gasteiger partial charge in [-0.05, 0) is 61.4 Å². The molecular formula is C21H23FN2O3. The minimum absolute atomic E-state index is 0.0542. The fraction of sp³-hybridized carbons (Fsp3) is 0.429. The van der Waals surface area contributed by atoms with E-state index in [1.807, 2.05) is 6.07 Å². The molecule has 1 amide bonds. The SMILES string of the molecule is O=C(NC1CCCc2[nH]c(=O)ccc21)C1(c2ccc(F)cc2)CCOCC1. The second-order valence-corrected chi connectivity index (χ2v) is 7.38. The van der Waals surface area contributed by atoms with Crippen LogP contribution in [-0.4, -0.2) is 24.1 Å². The van der Waals surface area contributed by atoms with Crippen LogP contribution in [0.5, 0.6) is 0 Å². The molecule has 2 aliphatic rings. The Kier molecular flexibility index (Phi) is 4.83. The number of fused-ring (bicyclic) bond motifs is 1. The van der Waals surface area contributed by atoms with Gasteiger partial charge in [-0.2, -0.15) is 0 Å². The molecule has 1 aliphatic heterocycles. The van der Waals surface area contributed by atoms with Crippen LogP contribution < -0.4 is 10.9 Å². The van der Waals surface area contributed by atoms with Crippen LogP contribution in [0.3, 0.4) is 0 Å². The summed E-state index contributed by atoms with van der Waals surface area (Å²) in [6.07, 6.45) is 3.69. The van der Waals surface area contributed by atoms with Gasteiger partial charge in [0.25, 0.3) is 0 Å². The molecule has 1 unspecified atom stereocenters. The lowest BCUT2D eigenvalue weighted by Crippen LogP contribution is -2.49. The second kappa shape index (κ2) is 7.27. The smallest absolute Gasteiger partial charge is 0.248 e. The molecule has 2 N–H and O–H groups in total. The van der Waals surface area contributed by atoms with Crippen molar-refractivity contribution in [1.29, 1.82) is 0 Å². The van der Waals surface area contributed by atoms with E-state index < -0.39 is 5.41 Å². The van der Waals surface area contributed by atoms with E-state index in [2.05, 4.69) is 10.3 Å². The molecule has 6 heteroatoms. The summed E-state index contributed by atoms with van der Waals surface area (Å²) in [5.74, 6) is -0.368. The molecule has 1 saturated heterocycles. The number of carbonyl (C=O) groups is 1. The monoisotopic (exact) mass is 370 g/mol. The zero-order valence-electron chi connectivity index (χ0n) is 15.1. The van der Waals surface area contributed by atoms with E-state index in [0.29, 0.717) is 26.1 Å². The van der Waals surface area contributed by atoms with Gasteiger partial charge in [0.2, 0.25) is 11.5 Å². The van der Waals surface area contributed by atoms with Crippen molar-refractivity contribution in [3.63, 3.8) is 0 Å². The lowest BCUT2D eigenvalue weighted by atomic mass is 9.73. The summed E-state index contributed by atoms with van der Waals surface area (Å²) >= 11 is 0. The summed E-state index contributed by atoms with van der Waals surface area (Å²) in [4.78, 5) is 27.9. The highest BCUT2D eigenvalue weighted by Crippen LogP contribution is 2.37. The third kappa shape index (κ3) is 3.41. The van der Waals surface area contributed by atoms with E-state index >= 15 is 0 Å². The largest absolute Gasteiger partial charge is 0.381 e. The van der Waals surface area contributed by atoms with Gasteiger partial charge in [0.1, 0.15) is 5.82 Å². The predicted octanol–water partition coefficient (Wildman–Crippen LogP) is 2.76. The van der Waals surface area contributed by atoms with E-state index in [1.165, 1.54) is 18.2 Å². The first kappa shape index (κ1) is 17.9. The molecule has 0 spiro atoms. The first-order chi connectivity index (χ1) is 13.1. The fourth-order valence-electron chi connectivity index (χ4n) is 4.28. The number of benzene rings is 1. The molecule has 0 radical (unpaired) electrons. The molecule has 1 aromatic heterocycles. The van der Waals surface area contributed by atoms with Gasteiger partial charge in [-0.25, -0.2) is 4.39 Å². The lowest BCUT2D eigenvalue weighted by molar-refractivity contribution is -0.131. The predicted molar refractivity (Wildman–Crippen MR) is 99.0 cm³/mol. The lowest BCUT2D eigenvalue weighted by Gasteiger charge is -2.38. The van der Waals surface area contributed by atoms with Crippen molar-refractivity contribution >= 4 is 5.91 Å². The Balaban J connectivity index is 1.64. The minimum atomic E-state index is -0.717. The van der Waals surface area contributed by atoms with E-state index in [4.69, 9.17) is 4.74 Å². The third-order valence-electron chi connectivity index (χ3n) is 5.81. The molecule has 5 nitrogen and oxygen atoms in total. The number of aromatic amines is 1. The van der Waals surface area contributed by atoms with E-state index in [9.17, 15) is 14.0 Å². The Bertz CT molecular complexity index is 885. The average Bonchev–Trinajstić information content (AvgIpc) is 2.69. The Morgan fingerprint density at radius 1 is 1.15 bits per heavy atom. The maximum atomic E-state index is 13.4. The Morgan fingerprint density at radius 3 is 2.63 bits per heavy atom. The zero-order valence-corrected chi connectivity index (χ0v) is 15.1. The van der Waals surface area contributed by atoms with Crippen LogP contribution in [0.15, 0.2) is 41.2 Å². The standard InChI is InChI=1S/C21H23FN2O3/c22-15-6-4-14(5-7-15)21(10-12-27-13-11-21)20(26)24-18-3-1-2-17-16(18)8-9-19(25)23-17/h4-9,18H,1-3,10-13H2,(H,23,25)(H,24,26). The highest BCUT2D eigenvalue weighted by Gasteiger charge is 2.42. The van der Waals surface area contributed by atoms with Crippen molar-refractivity contribution in [3.05, 3.63) is 69.4 Å². The van der Waals surface area contributed by atoms with E-state index in [0.717, 1.165) is 36.1 Å².